The molecule has 112 valence electrons. The molecule has 0 saturated carbocycles. The highest BCUT2D eigenvalue weighted by molar-refractivity contribution is 6.30. The molecule has 2 atom stereocenters. The Kier molecular flexibility index (Phi) is 4.65. The number of aryl methyl sites for hydroxylation is 2. The van der Waals surface area contributed by atoms with Crippen molar-refractivity contribution in [3.8, 4) is 0 Å². The summed E-state index contributed by atoms with van der Waals surface area (Å²) < 4.78 is 1.59. The average molecular weight is 308 g/mol. The standard InChI is InChI=1S/C15H18ClN3O2/c1-9-13(8-19(3)18-9)15(21)17-10(2)14(20)11-4-6-12(16)7-5-11/h4-8,10,14,20H,1-3H3,(H,17,21). The normalized spacial score (nSPS) is 13.8. The summed E-state index contributed by atoms with van der Waals surface area (Å²) in [6, 6.07) is 6.47. The van der Waals surface area contributed by atoms with Crippen molar-refractivity contribution in [3.63, 3.8) is 0 Å². The molecule has 0 radical (unpaired) electrons. The van der Waals surface area contributed by atoms with Gasteiger partial charge >= 0.3 is 0 Å². The largest absolute Gasteiger partial charge is 0.386 e. The lowest BCUT2D eigenvalue weighted by Gasteiger charge is -2.20. The molecule has 0 bridgehead atoms. The quantitative estimate of drug-likeness (QED) is 0.910. The summed E-state index contributed by atoms with van der Waals surface area (Å²) in [6.07, 6.45) is 0.856. The molecule has 2 rings (SSSR count). The van der Waals surface area contributed by atoms with Crippen LogP contribution in [0.25, 0.3) is 0 Å². The number of hydrogen-bond donors (Lipinski definition) is 2. The van der Waals surface area contributed by atoms with Crippen LogP contribution in [0, 0.1) is 6.92 Å². The maximum absolute atomic E-state index is 12.2. The summed E-state index contributed by atoms with van der Waals surface area (Å²) in [5, 5.41) is 17.8. The molecule has 0 spiro atoms. The Morgan fingerprint density at radius 2 is 2.00 bits per heavy atom. The third kappa shape index (κ3) is 3.62. The maximum Gasteiger partial charge on any atom is 0.255 e. The maximum atomic E-state index is 12.2. The number of hydrogen-bond acceptors (Lipinski definition) is 3. The van der Waals surface area contributed by atoms with Gasteiger partial charge in [-0.25, -0.2) is 0 Å². The summed E-state index contributed by atoms with van der Waals surface area (Å²) in [7, 11) is 1.76. The minimum absolute atomic E-state index is 0.249. The Bertz CT molecular complexity index is 637. The van der Waals surface area contributed by atoms with Gasteiger partial charge in [0.05, 0.1) is 23.4 Å². The first-order valence-corrected chi connectivity index (χ1v) is 7.01. The van der Waals surface area contributed by atoms with Gasteiger partial charge in [0.2, 0.25) is 0 Å². The van der Waals surface area contributed by atoms with Crippen LogP contribution in [0.4, 0.5) is 0 Å². The number of benzene rings is 1. The van der Waals surface area contributed by atoms with Gasteiger partial charge in [-0.2, -0.15) is 5.10 Å². The zero-order chi connectivity index (χ0) is 15.6. The minimum atomic E-state index is -0.803. The molecule has 2 unspecified atom stereocenters. The lowest BCUT2D eigenvalue weighted by atomic mass is 10.0. The second-order valence-corrected chi connectivity index (χ2v) is 5.50. The van der Waals surface area contributed by atoms with Crippen LogP contribution < -0.4 is 5.32 Å². The number of aliphatic hydroxyl groups excluding tert-OH is 1. The van der Waals surface area contributed by atoms with E-state index in [-0.39, 0.29) is 5.91 Å². The van der Waals surface area contributed by atoms with Crippen molar-refractivity contribution in [2.45, 2.75) is 26.0 Å². The van der Waals surface area contributed by atoms with Crippen molar-refractivity contribution < 1.29 is 9.90 Å². The van der Waals surface area contributed by atoms with Crippen LogP contribution in [0.2, 0.25) is 5.02 Å². The number of aliphatic hydroxyl groups is 1. The van der Waals surface area contributed by atoms with Gasteiger partial charge in [0.1, 0.15) is 0 Å². The Balaban J connectivity index is 2.06. The number of rotatable bonds is 4. The van der Waals surface area contributed by atoms with E-state index in [1.165, 1.54) is 0 Å². The van der Waals surface area contributed by atoms with E-state index in [0.717, 1.165) is 0 Å². The van der Waals surface area contributed by atoms with Crippen LogP contribution in [-0.4, -0.2) is 26.8 Å². The summed E-state index contributed by atoms with van der Waals surface area (Å²) in [5.74, 6) is -0.249. The molecule has 0 aliphatic heterocycles. The molecule has 1 heterocycles. The van der Waals surface area contributed by atoms with Crippen LogP contribution in [0.1, 0.15) is 34.6 Å². The molecule has 0 fully saturated rings. The number of amides is 1. The van der Waals surface area contributed by atoms with Gasteiger partial charge in [0.15, 0.2) is 0 Å². The van der Waals surface area contributed by atoms with Gasteiger partial charge in [0, 0.05) is 18.3 Å². The average Bonchev–Trinajstić information content (AvgIpc) is 2.77. The first kappa shape index (κ1) is 15.5. The van der Waals surface area contributed by atoms with Crippen molar-refractivity contribution >= 4 is 17.5 Å². The zero-order valence-corrected chi connectivity index (χ0v) is 12.9. The van der Waals surface area contributed by atoms with Gasteiger partial charge in [-0.3, -0.25) is 9.48 Å². The second kappa shape index (κ2) is 6.28. The van der Waals surface area contributed by atoms with Gasteiger partial charge in [-0.15, -0.1) is 0 Å². The van der Waals surface area contributed by atoms with Crippen molar-refractivity contribution in [2.75, 3.05) is 0 Å². The van der Waals surface area contributed by atoms with E-state index < -0.39 is 12.1 Å². The Hall–Kier alpha value is -1.85. The fraction of sp³-hybridized carbons (Fsp3) is 0.333. The molecule has 21 heavy (non-hydrogen) atoms. The molecular formula is C15H18ClN3O2. The molecule has 1 aromatic heterocycles. The summed E-state index contributed by atoms with van der Waals surface area (Å²) in [5.41, 5.74) is 1.87. The fourth-order valence-electron chi connectivity index (χ4n) is 2.13. The summed E-state index contributed by atoms with van der Waals surface area (Å²) in [6.45, 7) is 3.53. The molecule has 1 amide bonds. The number of carbonyl (C=O) groups excluding carboxylic acids is 1. The SMILES string of the molecule is Cc1nn(C)cc1C(=O)NC(C)C(O)c1ccc(Cl)cc1. The predicted molar refractivity (Wildman–Crippen MR) is 81.3 cm³/mol. The highest BCUT2D eigenvalue weighted by Gasteiger charge is 2.21. The van der Waals surface area contributed by atoms with Crippen molar-refractivity contribution in [2.24, 2.45) is 7.05 Å². The zero-order valence-electron chi connectivity index (χ0n) is 12.2. The van der Waals surface area contributed by atoms with E-state index in [1.807, 2.05) is 0 Å². The van der Waals surface area contributed by atoms with Gasteiger partial charge in [-0.1, -0.05) is 23.7 Å². The van der Waals surface area contributed by atoms with Crippen LogP contribution >= 0.6 is 11.6 Å². The van der Waals surface area contributed by atoms with Crippen LogP contribution in [-0.2, 0) is 7.05 Å². The van der Waals surface area contributed by atoms with Crippen LogP contribution in [0.15, 0.2) is 30.5 Å². The number of halogens is 1. The van der Waals surface area contributed by atoms with Gasteiger partial charge < -0.3 is 10.4 Å². The number of aromatic nitrogens is 2. The summed E-state index contributed by atoms with van der Waals surface area (Å²) in [4.78, 5) is 12.2. The van der Waals surface area contributed by atoms with E-state index in [4.69, 9.17) is 11.6 Å². The van der Waals surface area contributed by atoms with Crippen molar-refractivity contribution in [1.29, 1.82) is 0 Å². The Labute approximate surface area is 128 Å². The first-order valence-electron chi connectivity index (χ1n) is 6.63. The van der Waals surface area contributed by atoms with E-state index in [9.17, 15) is 9.90 Å². The third-order valence-corrected chi connectivity index (χ3v) is 3.55. The smallest absolute Gasteiger partial charge is 0.255 e. The molecule has 2 N–H and O–H groups in total. The van der Waals surface area contributed by atoms with E-state index in [2.05, 4.69) is 10.4 Å². The molecule has 0 aliphatic rings. The lowest BCUT2D eigenvalue weighted by molar-refractivity contribution is 0.0851. The third-order valence-electron chi connectivity index (χ3n) is 3.30. The van der Waals surface area contributed by atoms with E-state index in [0.29, 0.717) is 21.8 Å². The second-order valence-electron chi connectivity index (χ2n) is 5.06. The number of nitrogens with one attached hydrogen (secondary N) is 1. The molecule has 0 saturated heterocycles. The first-order chi connectivity index (χ1) is 9.88. The molecule has 5 nitrogen and oxygen atoms in total. The van der Waals surface area contributed by atoms with Crippen LogP contribution in [0.5, 0.6) is 0 Å². The molecular weight excluding hydrogens is 290 g/mol. The van der Waals surface area contributed by atoms with Crippen molar-refractivity contribution in [3.05, 3.63) is 52.3 Å². The highest BCUT2D eigenvalue weighted by atomic mass is 35.5. The molecule has 2 aromatic rings. The molecule has 6 heteroatoms. The van der Waals surface area contributed by atoms with E-state index >= 15 is 0 Å². The number of nitrogens with zero attached hydrogens (tertiary/aromatic N) is 2. The van der Waals surface area contributed by atoms with Gasteiger partial charge in [-0.05, 0) is 31.5 Å². The topological polar surface area (TPSA) is 67.2 Å². The van der Waals surface area contributed by atoms with E-state index in [1.54, 1.807) is 56.0 Å². The van der Waals surface area contributed by atoms with Gasteiger partial charge in [0.25, 0.3) is 5.91 Å². The lowest BCUT2D eigenvalue weighted by Crippen LogP contribution is -2.37. The minimum Gasteiger partial charge on any atom is -0.386 e. The molecule has 0 aliphatic carbocycles. The Morgan fingerprint density at radius 1 is 1.38 bits per heavy atom. The fourth-order valence-corrected chi connectivity index (χ4v) is 2.26. The number of carbonyl (C=O) groups is 1. The molecule has 1 aromatic carbocycles. The summed E-state index contributed by atoms with van der Waals surface area (Å²) >= 11 is 5.82. The highest BCUT2D eigenvalue weighted by Crippen LogP contribution is 2.19. The predicted octanol–water partition coefficient (Wildman–Crippen LogP) is 2.23. The van der Waals surface area contributed by atoms with Crippen molar-refractivity contribution in [1.82, 2.24) is 15.1 Å². The Morgan fingerprint density at radius 3 is 2.52 bits per heavy atom. The monoisotopic (exact) mass is 307 g/mol. The van der Waals surface area contributed by atoms with Crippen LogP contribution in [0.3, 0.4) is 0 Å².